The Balaban J connectivity index is 1.50. The Labute approximate surface area is 165 Å². The third kappa shape index (κ3) is 3.85. The average molecular weight is 366 g/mol. The number of hydrogen-bond acceptors (Lipinski definition) is 2. The van der Waals surface area contributed by atoms with Crippen LogP contribution in [-0.4, -0.2) is 5.97 Å². The normalized spacial score (nSPS) is 17.4. The predicted molar refractivity (Wildman–Crippen MR) is 113 cm³/mol. The minimum atomic E-state index is -0.368. The van der Waals surface area contributed by atoms with Crippen LogP contribution in [0.4, 0.5) is 0 Å². The van der Waals surface area contributed by atoms with Crippen molar-refractivity contribution in [3.05, 3.63) is 95.3 Å². The van der Waals surface area contributed by atoms with E-state index in [1.54, 1.807) is 12.1 Å². The molecule has 2 heteroatoms. The van der Waals surface area contributed by atoms with E-state index >= 15 is 0 Å². The van der Waals surface area contributed by atoms with Crippen LogP contribution in [0, 0.1) is 17.8 Å². The molecule has 0 bridgehead atoms. The molecule has 28 heavy (non-hydrogen) atoms. The molecule has 0 saturated heterocycles. The Hall–Kier alpha value is -3.31. The van der Waals surface area contributed by atoms with Gasteiger partial charge in [-0.2, -0.15) is 0 Å². The van der Waals surface area contributed by atoms with E-state index in [0.717, 1.165) is 12.0 Å². The number of allylic oxidation sites excluding steroid dienone is 2. The maximum absolute atomic E-state index is 12.3. The molecule has 3 aromatic carbocycles. The Kier molecular flexibility index (Phi) is 5.00. The zero-order valence-corrected chi connectivity index (χ0v) is 16.1. The molecule has 0 N–H and O–H groups in total. The van der Waals surface area contributed by atoms with Gasteiger partial charge in [0.05, 0.1) is 5.56 Å². The first-order chi connectivity index (χ1) is 13.6. The molecule has 1 saturated carbocycles. The highest BCUT2D eigenvalue weighted by Gasteiger charge is 2.37. The number of ether oxygens (including phenoxy) is 1. The SMILES string of the molecule is CC(C)=C(C#CC1CC1c1cccc2ccccc12)OC(=O)c1ccccc1. The molecule has 2 nitrogen and oxygen atoms in total. The predicted octanol–water partition coefficient (Wildman–Crippen LogP) is 6.10. The van der Waals surface area contributed by atoms with E-state index in [1.807, 2.05) is 32.0 Å². The molecular formula is C26H22O2. The van der Waals surface area contributed by atoms with Gasteiger partial charge in [-0.3, -0.25) is 0 Å². The molecule has 1 fully saturated rings. The number of benzene rings is 3. The molecule has 0 radical (unpaired) electrons. The molecule has 138 valence electrons. The highest BCUT2D eigenvalue weighted by Crippen LogP contribution is 2.49. The maximum atomic E-state index is 12.3. The second-order valence-electron chi connectivity index (χ2n) is 7.37. The van der Waals surface area contributed by atoms with E-state index in [9.17, 15) is 4.79 Å². The van der Waals surface area contributed by atoms with Crippen molar-refractivity contribution in [2.24, 2.45) is 5.92 Å². The molecule has 2 atom stereocenters. The van der Waals surface area contributed by atoms with Crippen molar-refractivity contribution in [3.63, 3.8) is 0 Å². The Bertz CT molecular complexity index is 1100. The summed E-state index contributed by atoms with van der Waals surface area (Å²) in [6, 6.07) is 23.9. The largest absolute Gasteiger partial charge is 0.414 e. The smallest absolute Gasteiger partial charge is 0.344 e. The summed E-state index contributed by atoms with van der Waals surface area (Å²) in [6.45, 7) is 3.83. The first-order valence-corrected chi connectivity index (χ1v) is 9.57. The highest BCUT2D eigenvalue weighted by molar-refractivity contribution is 5.90. The molecule has 0 heterocycles. The molecule has 1 aliphatic rings. The van der Waals surface area contributed by atoms with Gasteiger partial charge in [-0.15, -0.1) is 0 Å². The average Bonchev–Trinajstić information content (AvgIpc) is 3.50. The first kappa shape index (κ1) is 18.1. The minimum absolute atomic E-state index is 0.301. The van der Waals surface area contributed by atoms with Gasteiger partial charge in [0.2, 0.25) is 0 Å². The van der Waals surface area contributed by atoms with Crippen molar-refractivity contribution in [1.29, 1.82) is 0 Å². The summed E-state index contributed by atoms with van der Waals surface area (Å²) in [5, 5.41) is 2.57. The summed E-state index contributed by atoms with van der Waals surface area (Å²) in [5.74, 6) is 7.27. The van der Waals surface area contributed by atoms with Gasteiger partial charge < -0.3 is 4.74 Å². The van der Waals surface area contributed by atoms with Crippen LogP contribution in [0.3, 0.4) is 0 Å². The van der Waals surface area contributed by atoms with Gasteiger partial charge in [0, 0.05) is 5.92 Å². The van der Waals surface area contributed by atoms with Gasteiger partial charge in [-0.25, -0.2) is 4.79 Å². The quantitative estimate of drug-likeness (QED) is 0.318. The fraction of sp³-hybridized carbons (Fsp3) is 0.192. The molecule has 0 aromatic heterocycles. The monoisotopic (exact) mass is 366 g/mol. The van der Waals surface area contributed by atoms with Gasteiger partial charge in [0.1, 0.15) is 0 Å². The van der Waals surface area contributed by atoms with Crippen molar-refractivity contribution < 1.29 is 9.53 Å². The van der Waals surface area contributed by atoms with Crippen LogP contribution in [-0.2, 0) is 4.74 Å². The summed E-state index contributed by atoms with van der Waals surface area (Å²) in [4.78, 5) is 12.3. The van der Waals surface area contributed by atoms with Crippen LogP contribution in [0.1, 0.15) is 42.1 Å². The molecule has 4 rings (SSSR count). The number of esters is 1. The molecular weight excluding hydrogens is 344 g/mol. The van der Waals surface area contributed by atoms with Crippen LogP contribution in [0.15, 0.2) is 84.1 Å². The molecule has 1 aliphatic carbocycles. The van der Waals surface area contributed by atoms with Crippen molar-refractivity contribution in [3.8, 4) is 11.8 Å². The molecule has 0 amide bonds. The van der Waals surface area contributed by atoms with Crippen molar-refractivity contribution in [2.75, 3.05) is 0 Å². The van der Waals surface area contributed by atoms with E-state index in [0.29, 0.717) is 23.2 Å². The molecule has 0 aliphatic heterocycles. The lowest BCUT2D eigenvalue weighted by Gasteiger charge is -2.05. The topological polar surface area (TPSA) is 26.3 Å². The lowest BCUT2D eigenvalue weighted by atomic mass is 10.0. The van der Waals surface area contributed by atoms with Crippen LogP contribution in [0.2, 0.25) is 0 Å². The van der Waals surface area contributed by atoms with Crippen LogP contribution in [0.5, 0.6) is 0 Å². The third-order valence-electron chi connectivity index (χ3n) is 5.04. The minimum Gasteiger partial charge on any atom is -0.414 e. The Morgan fingerprint density at radius 1 is 0.929 bits per heavy atom. The van der Waals surface area contributed by atoms with E-state index in [-0.39, 0.29) is 5.97 Å². The Morgan fingerprint density at radius 3 is 2.43 bits per heavy atom. The highest BCUT2D eigenvalue weighted by atomic mass is 16.5. The number of fused-ring (bicyclic) bond motifs is 1. The fourth-order valence-electron chi connectivity index (χ4n) is 3.41. The lowest BCUT2D eigenvalue weighted by molar-refractivity contribution is 0.0637. The Morgan fingerprint density at radius 2 is 1.64 bits per heavy atom. The van der Waals surface area contributed by atoms with Crippen molar-refractivity contribution in [2.45, 2.75) is 26.2 Å². The molecule has 0 spiro atoms. The zero-order valence-electron chi connectivity index (χ0n) is 16.1. The molecule has 3 aromatic rings. The zero-order chi connectivity index (χ0) is 19.5. The van der Waals surface area contributed by atoms with Gasteiger partial charge >= 0.3 is 5.97 Å². The van der Waals surface area contributed by atoms with Gasteiger partial charge in [0.25, 0.3) is 0 Å². The van der Waals surface area contributed by atoms with E-state index in [4.69, 9.17) is 4.74 Å². The van der Waals surface area contributed by atoms with E-state index in [2.05, 4.69) is 54.3 Å². The lowest BCUT2D eigenvalue weighted by Crippen LogP contribution is -2.05. The van der Waals surface area contributed by atoms with Crippen molar-refractivity contribution >= 4 is 16.7 Å². The summed E-state index contributed by atoms with van der Waals surface area (Å²) in [5.41, 5.74) is 2.79. The van der Waals surface area contributed by atoms with E-state index in [1.165, 1.54) is 16.3 Å². The van der Waals surface area contributed by atoms with Crippen LogP contribution in [0.25, 0.3) is 10.8 Å². The second kappa shape index (κ2) is 7.74. The van der Waals surface area contributed by atoms with Gasteiger partial charge in [0.15, 0.2) is 5.76 Å². The van der Waals surface area contributed by atoms with Gasteiger partial charge in [-0.1, -0.05) is 66.6 Å². The van der Waals surface area contributed by atoms with Gasteiger partial charge in [-0.05, 0) is 66.1 Å². The second-order valence-corrected chi connectivity index (χ2v) is 7.37. The fourth-order valence-corrected chi connectivity index (χ4v) is 3.41. The summed E-state index contributed by atoms with van der Waals surface area (Å²) < 4.78 is 5.55. The summed E-state index contributed by atoms with van der Waals surface area (Å²) in [6.07, 6.45) is 1.05. The standard InChI is InChI=1S/C26H22O2/c1-18(2)25(28-26(27)20-10-4-3-5-11-20)16-15-21-17-24(21)23-14-8-12-19-9-6-7-13-22(19)23/h3-14,21,24H,17H2,1-2H3. The number of carbonyl (C=O) groups excluding carboxylic acids is 1. The van der Waals surface area contributed by atoms with Crippen LogP contribution >= 0.6 is 0 Å². The number of rotatable bonds is 3. The number of hydrogen-bond donors (Lipinski definition) is 0. The molecule has 2 unspecified atom stereocenters. The summed E-state index contributed by atoms with van der Waals surface area (Å²) >= 11 is 0. The van der Waals surface area contributed by atoms with Crippen molar-refractivity contribution in [1.82, 2.24) is 0 Å². The third-order valence-corrected chi connectivity index (χ3v) is 5.04. The summed E-state index contributed by atoms with van der Waals surface area (Å²) in [7, 11) is 0. The number of carbonyl (C=O) groups is 1. The van der Waals surface area contributed by atoms with E-state index < -0.39 is 0 Å². The maximum Gasteiger partial charge on any atom is 0.344 e. The van der Waals surface area contributed by atoms with Crippen LogP contribution < -0.4 is 0 Å². The first-order valence-electron chi connectivity index (χ1n) is 9.57.